The third-order valence-corrected chi connectivity index (χ3v) is 6.58. The van der Waals surface area contributed by atoms with E-state index in [0.29, 0.717) is 45.1 Å². The summed E-state index contributed by atoms with van der Waals surface area (Å²) in [7, 11) is -1.21. The van der Waals surface area contributed by atoms with Gasteiger partial charge in [-0.1, -0.05) is 29.6 Å². The highest BCUT2D eigenvalue weighted by molar-refractivity contribution is 7.84. The molecule has 2 amide bonds. The third kappa shape index (κ3) is 7.76. The number of nitrogens with two attached hydrogens (primary N) is 1. The van der Waals surface area contributed by atoms with Crippen molar-refractivity contribution >= 4 is 63.0 Å². The summed E-state index contributed by atoms with van der Waals surface area (Å²) in [5, 5.41) is 9.49. The summed E-state index contributed by atoms with van der Waals surface area (Å²) in [4.78, 5) is 30.9. The molecular formula is C25H27Cl2N5O3S. The van der Waals surface area contributed by atoms with Gasteiger partial charge in [0.15, 0.2) is 0 Å². The molecule has 0 spiro atoms. The number of aromatic nitrogens is 1. The second-order valence-electron chi connectivity index (χ2n) is 7.90. The van der Waals surface area contributed by atoms with Gasteiger partial charge in [-0.3, -0.25) is 13.8 Å². The van der Waals surface area contributed by atoms with Crippen LogP contribution in [0.1, 0.15) is 40.0 Å². The van der Waals surface area contributed by atoms with Crippen molar-refractivity contribution in [3.05, 3.63) is 75.9 Å². The first-order chi connectivity index (χ1) is 17.3. The summed E-state index contributed by atoms with van der Waals surface area (Å²) in [5.74, 6) is -0.641. The Morgan fingerprint density at radius 3 is 2.33 bits per heavy atom. The van der Waals surface area contributed by atoms with Crippen LogP contribution in [0.25, 0.3) is 0 Å². The zero-order valence-electron chi connectivity index (χ0n) is 19.6. The van der Waals surface area contributed by atoms with Crippen LogP contribution in [-0.4, -0.2) is 40.4 Å². The van der Waals surface area contributed by atoms with E-state index in [1.807, 2.05) is 0 Å². The molecule has 0 saturated carbocycles. The molecule has 1 heterocycles. The minimum Gasteiger partial charge on any atom is -0.384 e. The molecule has 3 aromatic rings. The van der Waals surface area contributed by atoms with Gasteiger partial charge in [-0.15, -0.1) is 0 Å². The molecule has 0 fully saturated rings. The monoisotopic (exact) mass is 547 g/mol. The predicted molar refractivity (Wildman–Crippen MR) is 147 cm³/mol. The number of hydrogen-bond donors (Lipinski definition) is 4. The molecule has 0 saturated heterocycles. The first kappa shape index (κ1) is 27.6. The average Bonchev–Trinajstić information content (AvgIpc) is 2.86. The molecule has 1 unspecified atom stereocenters. The molecule has 0 aliphatic heterocycles. The quantitative estimate of drug-likeness (QED) is 0.245. The van der Waals surface area contributed by atoms with Crippen molar-refractivity contribution in [2.45, 2.75) is 24.2 Å². The maximum absolute atomic E-state index is 13.3. The normalized spacial score (nSPS) is 11.6. The zero-order valence-corrected chi connectivity index (χ0v) is 22.0. The van der Waals surface area contributed by atoms with Crippen LogP contribution in [-0.2, 0) is 10.8 Å². The van der Waals surface area contributed by atoms with Crippen molar-refractivity contribution in [2.75, 3.05) is 35.3 Å². The van der Waals surface area contributed by atoms with Gasteiger partial charge in [0.2, 0.25) is 0 Å². The summed E-state index contributed by atoms with van der Waals surface area (Å²) < 4.78 is 12.0. The third-order valence-electron chi connectivity index (χ3n) is 5.21. The topological polar surface area (TPSA) is 126 Å². The summed E-state index contributed by atoms with van der Waals surface area (Å²) >= 11 is 12.0. The standard InChI is InChI=1S/C25H27Cl2N5O3S/c1-36(35)18-7-8-19(22(14-18)29-12-4-2-3-11-28)24(33)31-21-9-5-16(26)13-20(21)25(34)32-23-10-6-17(27)15-30-23/h5-10,13-15,29H,2-4,11-12,28H2,1H3,(H,31,33)(H,30,32,34). The van der Waals surface area contributed by atoms with Crippen molar-refractivity contribution in [1.29, 1.82) is 0 Å². The van der Waals surface area contributed by atoms with Gasteiger partial charge < -0.3 is 21.7 Å². The molecule has 0 bridgehead atoms. The first-order valence-corrected chi connectivity index (χ1v) is 13.5. The van der Waals surface area contributed by atoms with Crippen molar-refractivity contribution in [3.8, 4) is 0 Å². The smallest absolute Gasteiger partial charge is 0.258 e. The molecule has 190 valence electrons. The van der Waals surface area contributed by atoms with E-state index in [-0.39, 0.29) is 11.3 Å². The number of pyridine rings is 1. The van der Waals surface area contributed by atoms with Gasteiger partial charge in [0.25, 0.3) is 11.8 Å². The fraction of sp³-hybridized carbons (Fsp3) is 0.240. The second kappa shape index (κ2) is 13.4. The van der Waals surface area contributed by atoms with Crippen molar-refractivity contribution in [1.82, 2.24) is 4.98 Å². The van der Waals surface area contributed by atoms with Gasteiger partial charge in [0, 0.05) is 45.4 Å². The number of halogens is 2. The maximum Gasteiger partial charge on any atom is 0.258 e. The SMILES string of the molecule is CS(=O)c1ccc(C(=O)Nc2ccc(Cl)cc2C(=O)Nc2ccc(Cl)cn2)c(NCCCCCN)c1. The Hall–Kier alpha value is -2.98. The lowest BCUT2D eigenvalue weighted by Gasteiger charge is -2.15. The molecule has 0 aliphatic carbocycles. The van der Waals surface area contributed by atoms with Gasteiger partial charge >= 0.3 is 0 Å². The number of anilines is 3. The Bertz CT molecular complexity index is 1250. The number of benzene rings is 2. The van der Waals surface area contributed by atoms with Gasteiger partial charge in [0.05, 0.1) is 21.8 Å². The van der Waals surface area contributed by atoms with E-state index in [2.05, 4.69) is 20.9 Å². The Labute approximate surface area is 222 Å². The lowest BCUT2D eigenvalue weighted by molar-refractivity contribution is 0.102. The minimum absolute atomic E-state index is 0.162. The summed E-state index contributed by atoms with van der Waals surface area (Å²) in [6, 6.07) is 12.7. The zero-order chi connectivity index (χ0) is 26.1. The summed E-state index contributed by atoms with van der Waals surface area (Å²) in [5.41, 5.74) is 6.89. The Morgan fingerprint density at radius 1 is 0.889 bits per heavy atom. The molecule has 1 aromatic heterocycles. The van der Waals surface area contributed by atoms with Crippen LogP contribution >= 0.6 is 23.2 Å². The Balaban J connectivity index is 1.83. The van der Waals surface area contributed by atoms with Crippen LogP contribution in [0.15, 0.2) is 59.6 Å². The van der Waals surface area contributed by atoms with Crippen molar-refractivity contribution < 1.29 is 13.8 Å². The van der Waals surface area contributed by atoms with Gasteiger partial charge in [0.1, 0.15) is 5.82 Å². The van der Waals surface area contributed by atoms with E-state index in [0.717, 1.165) is 19.3 Å². The number of carbonyl (C=O) groups is 2. The molecule has 5 N–H and O–H groups in total. The molecule has 2 aromatic carbocycles. The number of rotatable bonds is 11. The Morgan fingerprint density at radius 2 is 1.64 bits per heavy atom. The van der Waals surface area contributed by atoms with E-state index in [9.17, 15) is 13.8 Å². The van der Waals surface area contributed by atoms with E-state index < -0.39 is 22.6 Å². The highest BCUT2D eigenvalue weighted by Gasteiger charge is 2.18. The van der Waals surface area contributed by atoms with Crippen LogP contribution in [0.2, 0.25) is 10.0 Å². The number of carbonyl (C=O) groups excluding carboxylic acids is 2. The molecular weight excluding hydrogens is 521 g/mol. The van der Waals surface area contributed by atoms with Crippen LogP contribution in [0.3, 0.4) is 0 Å². The summed E-state index contributed by atoms with van der Waals surface area (Å²) in [6.07, 6.45) is 5.73. The number of hydrogen-bond acceptors (Lipinski definition) is 6. The molecule has 11 heteroatoms. The summed E-state index contributed by atoms with van der Waals surface area (Å²) in [6.45, 7) is 1.26. The maximum atomic E-state index is 13.3. The Kier molecular flexibility index (Phi) is 10.2. The first-order valence-electron chi connectivity index (χ1n) is 11.2. The second-order valence-corrected chi connectivity index (χ2v) is 10.1. The molecule has 8 nitrogen and oxygen atoms in total. The molecule has 36 heavy (non-hydrogen) atoms. The molecule has 3 rings (SSSR count). The number of amides is 2. The molecule has 0 aliphatic rings. The van der Waals surface area contributed by atoms with E-state index in [1.54, 1.807) is 48.7 Å². The van der Waals surface area contributed by atoms with E-state index in [4.69, 9.17) is 28.9 Å². The largest absolute Gasteiger partial charge is 0.384 e. The van der Waals surface area contributed by atoms with Crippen LogP contribution in [0.4, 0.5) is 17.2 Å². The lowest BCUT2D eigenvalue weighted by atomic mass is 10.1. The number of nitrogens with one attached hydrogen (secondary N) is 3. The van der Waals surface area contributed by atoms with Gasteiger partial charge in [-0.2, -0.15) is 0 Å². The van der Waals surface area contributed by atoms with E-state index >= 15 is 0 Å². The van der Waals surface area contributed by atoms with Crippen LogP contribution in [0, 0.1) is 0 Å². The van der Waals surface area contributed by atoms with Crippen LogP contribution < -0.4 is 21.7 Å². The fourth-order valence-electron chi connectivity index (χ4n) is 3.35. The molecule has 1 atom stereocenters. The highest BCUT2D eigenvalue weighted by Crippen LogP contribution is 2.25. The minimum atomic E-state index is -1.21. The number of nitrogens with zero attached hydrogens (tertiary/aromatic N) is 1. The van der Waals surface area contributed by atoms with Crippen molar-refractivity contribution in [2.24, 2.45) is 5.73 Å². The van der Waals surface area contributed by atoms with Crippen LogP contribution in [0.5, 0.6) is 0 Å². The number of unbranched alkanes of at least 4 members (excludes halogenated alkanes) is 2. The fourth-order valence-corrected chi connectivity index (χ4v) is 4.18. The predicted octanol–water partition coefficient (Wildman–Crippen LogP) is 5.17. The molecule has 0 radical (unpaired) electrons. The lowest BCUT2D eigenvalue weighted by Crippen LogP contribution is -2.20. The van der Waals surface area contributed by atoms with Crippen molar-refractivity contribution in [3.63, 3.8) is 0 Å². The van der Waals surface area contributed by atoms with Gasteiger partial charge in [-0.25, -0.2) is 4.98 Å². The van der Waals surface area contributed by atoms with Gasteiger partial charge in [-0.05, 0) is 67.9 Å². The average molecular weight is 548 g/mol. The highest BCUT2D eigenvalue weighted by atomic mass is 35.5. The van der Waals surface area contributed by atoms with E-state index in [1.165, 1.54) is 12.3 Å².